The van der Waals surface area contributed by atoms with Crippen LogP contribution >= 0.6 is 0 Å². The zero-order valence-electron chi connectivity index (χ0n) is 14.9. The second-order valence-corrected chi connectivity index (χ2v) is 5.95. The maximum Gasteiger partial charge on any atom is 0.251 e. The number of nitrogens with one attached hydrogen (secondary N) is 1. The highest BCUT2D eigenvalue weighted by Gasteiger charge is 2.10. The second-order valence-electron chi connectivity index (χ2n) is 5.95. The van der Waals surface area contributed by atoms with Crippen molar-refractivity contribution in [2.45, 2.75) is 6.54 Å². The van der Waals surface area contributed by atoms with E-state index in [1.807, 2.05) is 24.1 Å². The van der Waals surface area contributed by atoms with E-state index in [1.54, 1.807) is 18.3 Å². The molecule has 7 N–H and O–H groups in total. The summed E-state index contributed by atoms with van der Waals surface area (Å²) in [5.74, 6) is 0.113. The highest BCUT2D eigenvalue weighted by atomic mass is 16.1. The molecule has 1 aromatic carbocycles. The van der Waals surface area contributed by atoms with E-state index in [1.165, 1.54) is 0 Å². The number of carbonyl (C=O) groups is 1. The number of aromatic nitrogens is 4. The maximum atomic E-state index is 11.9. The molecule has 0 aliphatic rings. The summed E-state index contributed by atoms with van der Waals surface area (Å²) in [6, 6.07) is 7.25. The number of hydrogen-bond donors (Lipinski definition) is 4. The highest BCUT2D eigenvalue weighted by molar-refractivity contribution is 5.94. The molecule has 0 radical (unpaired) electrons. The Balaban J connectivity index is 1.74. The zero-order chi connectivity index (χ0) is 19.4. The van der Waals surface area contributed by atoms with Crippen molar-refractivity contribution in [1.29, 1.82) is 0 Å². The lowest BCUT2D eigenvalue weighted by molar-refractivity contribution is 0.0955. The molecule has 3 rings (SSSR count). The highest BCUT2D eigenvalue weighted by Crippen LogP contribution is 2.18. The quantitative estimate of drug-likeness (QED) is 0.466. The molecule has 0 atom stereocenters. The molecular formula is C17H21N9O. The Morgan fingerprint density at radius 1 is 1.15 bits per heavy atom. The molecule has 0 aliphatic carbocycles. The van der Waals surface area contributed by atoms with Crippen LogP contribution in [-0.4, -0.2) is 46.0 Å². The Labute approximate surface area is 155 Å². The average Bonchev–Trinajstić information content (AvgIpc) is 2.66. The van der Waals surface area contributed by atoms with E-state index in [4.69, 9.17) is 17.2 Å². The number of nitrogen functional groups attached to an aromatic ring is 2. The fraction of sp³-hybridized carbons (Fsp3) is 0.235. The summed E-state index contributed by atoms with van der Waals surface area (Å²) in [5.41, 5.74) is 19.8. The number of nitrogens with two attached hydrogens (primary N) is 3. The monoisotopic (exact) mass is 367 g/mol. The molecule has 3 aromatic rings. The maximum absolute atomic E-state index is 11.9. The van der Waals surface area contributed by atoms with Gasteiger partial charge in [-0.25, -0.2) is 9.97 Å². The van der Waals surface area contributed by atoms with Crippen molar-refractivity contribution in [1.82, 2.24) is 25.3 Å². The molecule has 27 heavy (non-hydrogen) atoms. The number of fused-ring (bicyclic) bond motifs is 1. The van der Waals surface area contributed by atoms with Gasteiger partial charge in [0.05, 0.1) is 18.4 Å². The Hall–Kier alpha value is -3.53. The van der Waals surface area contributed by atoms with Crippen LogP contribution in [0.1, 0.15) is 16.1 Å². The van der Waals surface area contributed by atoms with Crippen LogP contribution in [0, 0.1) is 0 Å². The molecule has 1 amide bonds. The Bertz CT molecular complexity index is 959. The molecule has 0 spiro atoms. The van der Waals surface area contributed by atoms with Crippen LogP contribution in [0.15, 0.2) is 30.5 Å². The Kier molecular flexibility index (Phi) is 5.27. The molecule has 0 aliphatic heterocycles. The fourth-order valence-electron chi connectivity index (χ4n) is 2.55. The molecule has 0 saturated carbocycles. The minimum Gasteiger partial charge on any atom is -0.382 e. The van der Waals surface area contributed by atoms with E-state index in [2.05, 4.69) is 25.3 Å². The van der Waals surface area contributed by atoms with Crippen molar-refractivity contribution < 1.29 is 4.79 Å². The zero-order valence-corrected chi connectivity index (χ0v) is 14.9. The van der Waals surface area contributed by atoms with Crippen molar-refractivity contribution in [3.63, 3.8) is 0 Å². The number of rotatable bonds is 6. The molecule has 2 aromatic heterocycles. The van der Waals surface area contributed by atoms with Crippen molar-refractivity contribution in [3.05, 3.63) is 41.7 Å². The van der Waals surface area contributed by atoms with Gasteiger partial charge < -0.3 is 27.4 Å². The second kappa shape index (κ2) is 7.79. The summed E-state index contributed by atoms with van der Waals surface area (Å²) >= 11 is 0. The van der Waals surface area contributed by atoms with E-state index in [9.17, 15) is 4.79 Å². The lowest BCUT2D eigenvalue weighted by atomic mass is 10.2. The van der Waals surface area contributed by atoms with E-state index in [0.717, 1.165) is 5.69 Å². The van der Waals surface area contributed by atoms with E-state index in [0.29, 0.717) is 42.1 Å². The first-order valence-corrected chi connectivity index (χ1v) is 8.32. The van der Waals surface area contributed by atoms with Crippen LogP contribution in [0.25, 0.3) is 11.2 Å². The van der Waals surface area contributed by atoms with Gasteiger partial charge in [-0.1, -0.05) is 0 Å². The van der Waals surface area contributed by atoms with Crippen LogP contribution in [0.4, 0.5) is 17.5 Å². The molecule has 0 bridgehead atoms. The third kappa shape index (κ3) is 4.18. The Morgan fingerprint density at radius 3 is 2.59 bits per heavy atom. The fourth-order valence-corrected chi connectivity index (χ4v) is 2.55. The molecule has 10 heteroatoms. The van der Waals surface area contributed by atoms with Gasteiger partial charge in [0.1, 0.15) is 0 Å². The summed E-state index contributed by atoms with van der Waals surface area (Å²) in [7, 11) is 1.91. The van der Waals surface area contributed by atoms with Crippen molar-refractivity contribution >= 4 is 34.5 Å². The number of benzene rings is 1. The third-order valence-electron chi connectivity index (χ3n) is 3.90. The van der Waals surface area contributed by atoms with Crippen LogP contribution in [0.2, 0.25) is 0 Å². The van der Waals surface area contributed by atoms with Gasteiger partial charge in [-0.05, 0) is 24.3 Å². The number of hydrogen-bond acceptors (Lipinski definition) is 9. The van der Waals surface area contributed by atoms with Gasteiger partial charge in [-0.3, -0.25) is 4.79 Å². The number of carbonyl (C=O) groups excluding carboxylic acids is 1. The molecule has 0 unspecified atom stereocenters. The minimum absolute atomic E-state index is 0.0646. The summed E-state index contributed by atoms with van der Waals surface area (Å²) in [6.45, 7) is 1.34. The standard InChI is InChI=1S/C17H21N9O/c1-26(12-4-2-10(3-5-12)16(27)21-7-6-18)9-11-8-22-15-13(23-11)14(19)24-17(20)25-15/h2-5,8H,6-7,9,18H2,1H3,(H,21,27)(H4,19,20,22,24,25). The molecule has 0 fully saturated rings. The van der Waals surface area contributed by atoms with Crippen LogP contribution in [0.3, 0.4) is 0 Å². The predicted octanol–water partition coefficient (Wildman–Crippen LogP) is -0.0909. The summed E-state index contributed by atoms with van der Waals surface area (Å²) < 4.78 is 0. The summed E-state index contributed by atoms with van der Waals surface area (Å²) in [5, 5.41) is 2.73. The number of anilines is 3. The third-order valence-corrected chi connectivity index (χ3v) is 3.90. The van der Waals surface area contributed by atoms with Crippen molar-refractivity contribution in [2.75, 3.05) is 36.5 Å². The minimum atomic E-state index is -0.148. The molecule has 140 valence electrons. The van der Waals surface area contributed by atoms with Gasteiger partial charge in [-0.15, -0.1) is 0 Å². The lowest BCUT2D eigenvalue weighted by Crippen LogP contribution is -2.29. The van der Waals surface area contributed by atoms with Crippen LogP contribution in [-0.2, 0) is 6.54 Å². The first kappa shape index (κ1) is 18.3. The van der Waals surface area contributed by atoms with Crippen LogP contribution in [0.5, 0.6) is 0 Å². The van der Waals surface area contributed by atoms with E-state index < -0.39 is 0 Å². The van der Waals surface area contributed by atoms with Gasteiger partial charge in [0.15, 0.2) is 17.0 Å². The largest absolute Gasteiger partial charge is 0.382 e. The molecule has 0 saturated heterocycles. The van der Waals surface area contributed by atoms with Gasteiger partial charge in [0.25, 0.3) is 5.91 Å². The van der Waals surface area contributed by atoms with Gasteiger partial charge in [0.2, 0.25) is 5.95 Å². The topological polar surface area (TPSA) is 162 Å². The normalized spacial score (nSPS) is 10.7. The Morgan fingerprint density at radius 2 is 1.89 bits per heavy atom. The first-order valence-electron chi connectivity index (χ1n) is 8.32. The number of nitrogens with zero attached hydrogens (tertiary/aromatic N) is 5. The van der Waals surface area contributed by atoms with Gasteiger partial charge >= 0.3 is 0 Å². The molecule has 2 heterocycles. The van der Waals surface area contributed by atoms with Gasteiger partial charge in [-0.2, -0.15) is 9.97 Å². The molecule has 10 nitrogen and oxygen atoms in total. The van der Waals surface area contributed by atoms with Crippen molar-refractivity contribution in [2.24, 2.45) is 5.73 Å². The van der Waals surface area contributed by atoms with Crippen LogP contribution < -0.4 is 27.4 Å². The predicted molar refractivity (Wildman–Crippen MR) is 104 cm³/mol. The molecular weight excluding hydrogens is 346 g/mol. The van der Waals surface area contributed by atoms with Gasteiger partial charge in [0, 0.05) is 31.4 Å². The summed E-state index contributed by atoms with van der Waals surface area (Å²) in [4.78, 5) is 30.6. The first-order chi connectivity index (χ1) is 13.0. The lowest BCUT2D eigenvalue weighted by Gasteiger charge is -2.19. The number of amides is 1. The van der Waals surface area contributed by atoms with Crippen molar-refractivity contribution in [3.8, 4) is 0 Å². The smallest absolute Gasteiger partial charge is 0.251 e. The van der Waals surface area contributed by atoms with E-state index >= 15 is 0 Å². The average molecular weight is 367 g/mol. The van der Waals surface area contributed by atoms with E-state index in [-0.39, 0.29) is 17.7 Å². The summed E-state index contributed by atoms with van der Waals surface area (Å²) in [6.07, 6.45) is 1.62. The SMILES string of the molecule is CN(Cc1cnc2nc(N)nc(N)c2n1)c1ccc(C(=O)NCCN)cc1.